The topological polar surface area (TPSA) is 20.3 Å². The lowest BCUT2D eigenvalue weighted by Gasteiger charge is -2.30. The zero-order chi connectivity index (χ0) is 12.1. The third kappa shape index (κ3) is 1.42. The van der Waals surface area contributed by atoms with Crippen LogP contribution >= 0.6 is 22.7 Å². The summed E-state index contributed by atoms with van der Waals surface area (Å²) in [6.07, 6.45) is 1.15. The Morgan fingerprint density at radius 1 is 1.11 bits per heavy atom. The fourth-order valence-corrected chi connectivity index (χ4v) is 4.77. The number of carbonyl (C=O) groups is 1. The van der Waals surface area contributed by atoms with Gasteiger partial charge in [0.15, 0.2) is 0 Å². The van der Waals surface area contributed by atoms with Gasteiger partial charge < -0.3 is 4.90 Å². The van der Waals surface area contributed by atoms with E-state index in [9.17, 15) is 4.79 Å². The van der Waals surface area contributed by atoms with Gasteiger partial charge in [-0.2, -0.15) is 0 Å². The molecule has 0 spiro atoms. The summed E-state index contributed by atoms with van der Waals surface area (Å²) >= 11 is 3.42. The van der Waals surface area contributed by atoms with Crippen LogP contribution in [0.25, 0.3) is 19.5 Å². The van der Waals surface area contributed by atoms with Crippen molar-refractivity contribution >= 4 is 48.1 Å². The van der Waals surface area contributed by atoms with Gasteiger partial charge in [-0.25, -0.2) is 0 Å². The van der Waals surface area contributed by atoms with Crippen LogP contribution in [0.1, 0.15) is 16.1 Å². The molecule has 3 heterocycles. The molecule has 90 valence electrons. The molecule has 1 amide bonds. The molecule has 0 unspecified atom stereocenters. The highest BCUT2D eigenvalue weighted by Gasteiger charge is 2.23. The molecule has 3 aromatic rings. The normalized spacial score (nSPS) is 15.2. The molecule has 1 aliphatic heterocycles. The lowest BCUT2D eigenvalue weighted by Crippen LogP contribution is -2.41. The van der Waals surface area contributed by atoms with E-state index in [0.717, 1.165) is 24.4 Å². The lowest BCUT2D eigenvalue weighted by atomic mass is 10.2. The molecule has 18 heavy (non-hydrogen) atoms. The standard InChI is InChI=1S/C14H11NOS2/c16-14(15-6-3-7-15)12-8-11-13(18-12)9-4-1-2-5-10(9)17-11/h1-2,4-5,8H,3,6-7H2. The molecule has 2 nitrogen and oxygen atoms in total. The Bertz CT molecular complexity index is 751. The molecule has 0 N–H and O–H groups in total. The highest BCUT2D eigenvalue weighted by molar-refractivity contribution is 7.33. The van der Waals surface area contributed by atoms with Crippen molar-refractivity contribution in [3.05, 3.63) is 35.2 Å². The van der Waals surface area contributed by atoms with Crippen molar-refractivity contribution in [3.8, 4) is 0 Å². The van der Waals surface area contributed by atoms with Crippen molar-refractivity contribution in [1.82, 2.24) is 4.90 Å². The molecule has 0 aliphatic carbocycles. The van der Waals surface area contributed by atoms with Crippen LogP contribution in [0.15, 0.2) is 30.3 Å². The quantitative estimate of drug-likeness (QED) is 0.657. The first-order chi connectivity index (χ1) is 8.83. The Kier molecular flexibility index (Phi) is 2.22. The van der Waals surface area contributed by atoms with Gasteiger partial charge in [0, 0.05) is 27.9 Å². The number of benzene rings is 1. The first kappa shape index (κ1) is 10.5. The molecule has 1 saturated heterocycles. The highest BCUT2D eigenvalue weighted by Crippen LogP contribution is 2.39. The number of thiophene rings is 2. The van der Waals surface area contributed by atoms with Crippen LogP contribution in [-0.4, -0.2) is 23.9 Å². The van der Waals surface area contributed by atoms with Crippen LogP contribution in [0.2, 0.25) is 0 Å². The minimum atomic E-state index is 0.207. The van der Waals surface area contributed by atoms with Crippen LogP contribution in [0.3, 0.4) is 0 Å². The molecule has 0 atom stereocenters. The maximum absolute atomic E-state index is 12.2. The van der Waals surface area contributed by atoms with E-state index in [4.69, 9.17) is 0 Å². The second kappa shape index (κ2) is 3.80. The van der Waals surface area contributed by atoms with E-state index in [-0.39, 0.29) is 5.91 Å². The fraction of sp³-hybridized carbons (Fsp3) is 0.214. The molecule has 1 aromatic carbocycles. The SMILES string of the molecule is O=C(c1cc2sc3ccccc3c2s1)N1CCC1. The van der Waals surface area contributed by atoms with Gasteiger partial charge in [0.2, 0.25) is 0 Å². The average molecular weight is 273 g/mol. The van der Waals surface area contributed by atoms with Gasteiger partial charge in [0.25, 0.3) is 5.91 Å². The van der Waals surface area contributed by atoms with Crippen molar-refractivity contribution in [3.63, 3.8) is 0 Å². The summed E-state index contributed by atoms with van der Waals surface area (Å²) in [5, 5.41) is 1.28. The van der Waals surface area contributed by atoms with Crippen molar-refractivity contribution < 1.29 is 4.79 Å². The van der Waals surface area contributed by atoms with E-state index in [1.54, 1.807) is 22.7 Å². The minimum absolute atomic E-state index is 0.207. The number of nitrogens with zero attached hydrogens (tertiary/aromatic N) is 1. The summed E-state index contributed by atoms with van der Waals surface area (Å²) in [6, 6.07) is 10.5. The van der Waals surface area contributed by atoms with Crippen LogP contribution in [0.5, 0.6) is 0 Å². The molecule has 4 rings (SSSR count). The van der Waals surface area contributed by atoms with Gasteiger partial charge >= 0.3 is 0 Å². The second-order valence-corrected chi connectivity index (χ2v) is 6.68. The average Bonchev–Trinajstić information content (AvgIpc) is 2.83. The van der Waals surface area contributed by atoms with Crippen LogP contribution in [-0.2, 0) is 0 Å². The number of fused-ring (bicyclic) bond motifs is 3. The first-order valence-electron chi connectivity index (χ1n) is 6.03. The summed E-state index contributed by atoms with van der Waals surface area (Å²) in [5.41, 5.74) is 0. The van der Waals surface area contributed by atoms with Crippen molar-refractivity contribution in [2.45, 2.75) is 6.42 Å². The number of likely N-dealkylation sites (tertiary alicyclic amines) is 1. The third-order valence-electron chi connectivity index (χ3n) is 3.40. The smallest absolute Gasteiger partial charge is 0.263 e. The van der Waals surface area contributed by atoms with Crippen molar-refractivity contribution in [2.24, 2.45) is 0 Å². The molecule has 2 aromatic heterocycles. The highest BCUT2D eigenvalue weighted by atomic mass is 32.1. The molecule has 1 fully saturated rings. The van der Waals surface area contributed by atoms with Gasteiger partial charge in [-0.05, 0) is 18.6 Å². The first-order valence-corrected chi connectivity index (χ1v) is 7.66. The van der Waals surface area contributed by atoms with Crippen molar-refractivity contribution in [1.29, 1.82) is 0 Å². The Morgan fingerprint density at radius 3 is 2.72 bits per heavy atom. The Hall–Kier alpha value is -1.39. The maximum atomic E-state index is 12.2. The zero-order valence-electron chi connectivity index (χ0n) is 9.68. The molecule has 0 saturated carbocycles. The molecule has 0 bridgehead atoms. The molecule has 1 aliphatic rings. The zero-order valence-corrected chi connectivity index (χ0v) is 11.3. The third-order valence-corrected chi connectivity index (χ3v) is 5.81. The van der Waals surface area contributed by atoms with E-state index in [2.05, 4.69) is 30.3 Å². The molecular weight excluding hydrogens is 262 g/mol. The second-order valence-electron chi connectivity index (χ2n) is 4.55. The largest absolute Gasteiger partial charge is 0.338 e. The number of amides is 1. The molecule has 4 heteroatoms. The predicted molar refractivity (Wildman–Crippen MR) is 77.7 cm³/mol. The van der Waals surface area contributed by atoms with E-state index < -0.39 is 0 Å². The lowest BCUT2D eigenvalue weighted by molar-refractivity contribution is 0.0657. The Labute approximate surface area is 112 Å². The van der Waals surface area contributed by atoms with Gasteiger partial charge in [0.05, 0.1) is 9.58 Å². The number of carbonyl (C=O) groups excluding carboxylic acids is 1. The fourth-order valence-electron chi connectivity index (χ4n) is 2.28. The number of hydrogen-bond donors (Lipinski definition) is 0. The molecule has 0 radical (unpaired) electrons. The Balaban J connectivity index is 1.86. The summed E-state index contributed by atoms with van der Waals surface area (Å²) in [5.74, 6) is 0.207. The van der Waals surface area contributed by atoms with E-state index in [1.807, 2.05) is 4.90 Å². The van der Waals surface area contributed by atoms with E-state index in [1.165, 1.54) is 19.5 Å². The minimum Gasteiger partial charge on any atom is -0.338 e. The summed E-state index contributed by atoms with van der Waals surface area (Å²) in [7, 11) is 0. The van der Waals surface area contributed by atoms with Crippen LogP contribution < -0.4 is 0 Å². The van der Waals surface area contributed by atoms with Gasteiger partial charge in [-0.3, -0.25) is 4.79 Å². The van der Waals surface area contributed by atoms with Crippen LogP contribution in [0, 0.1) is 0 Å². The summed E-state index contributed by atoms with van der Waals surface area (Å²) in [4.78, 5) is 15.0. The maximum Gasteiger partial charge on any atom is 0.263 e. The van der Waals surface area contributed by atoms with Crippen molar-refractivity contribution in [2.75, 3.05) is 13.1 Å². The van der Waals surface area contributed by atoms with Gasteiger partial charge in [0.1, 0.15) is 0 Å². The molecular formula is C14H11NOS2. The summed E-state index contributed by atoms with van der Waals surface area (Å²) < 4.78 is 3.81. The number of rotatable bonds is 1. The summed E-state index contributed by atoms with van der Waals surface area (Å²) in [6.45, 7) is 1.84. The van der Waals surface area contributed by atoms with Gasteiger partial charge in [-0.1, -0.05) is 18.2 Å². The van der Waals surface area contributed by atoms with Crippen LogP contribution in [0.4, 0.5) is 0 Å². The predicted octanol–water partition coefficient (Wildman–Crippen LogP) is 3.96. The van der Waals surface area contributed by atoms with Gasteiger partial charge in [-0.15, -0.1) is 22.7 Å². The monoisotopic (exact) mass is 273 g/mol. The van der Waals surface area contributed by atoms with E-state index in [0.29, 0.717) is 0 Å². The number of hydrogen-bond acceptors (Lipinski definition) is 3. The Morgan fingerprint density at radius 2 is 1.94 bits per heavy atom. The van der Waals surface area contributed by atoms with E-state index >= 15 is 0 Å².